The van der Waals surface area contributed by atoms with Gasteiger partial charge < -0.3 is 14.7 Å². The summed E-state index contributed by atoms with van der Waals surface area (Å²) in [5.74, 6) is -1.73. The number of hydrogen-bond donors (Lipinski definition) is 1. The fourth-order valence-corrected chi connectivity index (χ4v) is 1.22. The van der Waals surface area contributed by atoms with Gasteiger partial charge in [-0.15, -0.1) is 5.06 Å². The fraction of sp³-hybridized carbons (Fsp3) is 0.667. The number of rotatable bonds is 4. The first-order chi connectivity index (χ1) is 7.54. The zero-order chi connectivity index (χ0) is 12.1. The third kappa shape index (κ3) is 3.20. The third-order valence-electron chi connectivity index (χ3n) is 2.09. The van der Waals surface area contributed by atoms with Crippen molar-refractivity contribution >= 4 is 17.8 Å². The number of esters is 1. The first kappa shape index (κ1) is 12.4. The van der Waals surface area contributed by atoms with Crippen molar-refractivity contribution in [1.82, 2.24) is 5.06 Å². The molecule has 0 spiro atoms. The Labute approximate surface area is 91.9 Å². The van der Waals surface area contributed by atoms with Crippen LogP contribution in [0.5, 0.6) is 0 Å². The van der Waals surface area contributed by atoms with Crippen LogP contribution in [-0.2, 0) is 24.0 Å². The number of aliphatic hydroxyl groups is 1. The molecule has 16 heavy (non-hydrogen) atoms. The van der Waals surface area contributed by atoms with Crippen LogP contribution in [0.4, 0.5) is 0 Å². The van der Waals surface area contributed by atoms with E-state index in [1.807, 2.05) is 0 Å². The molecule has 7 heteroatoms. The van der Waals surface area contributed by atoms with E-state index in [0.717, 1.165) is 0 Å². The monoisotopic (exact) mass is 231 g/mol. The van der Waals surface area contributed by atoms with E-state index in [0.29, 0.717) is 5.06 Å². The molecular weight excluding hydrogens is 218 g/mol. The molecule has 1 aliphatic rings. The predicted molar refractivity (Wildman–Crippen MR) is 49.4 cm³/mol. The Morgan fingerprint density at radius 3 is 2.56 bits per heavy atom. The molecule has 1 heterocycles. The van der Waals surface area contributed by atoms with Gasteiger partial charge in [-0.25, -0.2) is 4.79 Å². The number of ether oxygens (including phenoxy) is 1. The number of amides is 1. The summed E-state index contributed by atoms with van der Waals surface area (Å²) in [7, 11) is 1.21. The van der Waals surface area contributed by atoms with Gasteiger partial charge in [0.05, 0.1) is 20.0 Å². The summed E-state index contributed by atoms with van der Waals surface area (Å²) in [6.45, 7) is 0. The third-order valence-corrected chi connectivity index (χ3v) is 2.09. The van der Waals surface area contributed by atoms with Gasteiger partial charge in [-0.1, -0.05) is 0 Å². The number of nitrogens with zero attached hydrogens (tertiary/aromatic N) is 1. The van der Waals surface area contributed by atoms with E-state index < -0.39 is 24.1 Å². The number of aliphatic hydroxyl groups excluding tert-OH is 1. The second kappa shape index (κ2) is 5.45. The molecule has 0 aromatic heterocycles. The molecule has 1 fully saturated rings. The van der Waals surface area contributed by atoms with E-state index in [2.05, 4.69) is 9.57 Å². The lowest BCUT2D eigenvalue weighted by atomic mass is 10.3. The topological polar surface area (TPSA) is 93.1 Å². The highest BCUT2D eigenvalue weighted by atomic mass is 16.7. The molecule has 1 rings (SSSR count). The maximum atomic E-state index is 11.2. The number of hydroxylamine groups is 2. The van der Waals surface area contributed by atoms with Crippen molar-refractivity contribution in [3.63, 3.8) is 0 Å². The molecule has 0 aromatic rings. The highest BCUT2D eigenvalue weighted by Gasteiger charge is 2.32. The minimum absolute atomic E-state index is 0.118. The molecular formula is C9H13NO6. The van der Waals surface area contributed by atoms with Gasteiger partial charge in [0.1, 0.15) is 0 Å². The van der Waals surface area contributed by atoms with Crippen LogP contribution in [0.1, 0.15) is 25.7 Å². The van der Waals surface area contributed by atoms with Crippen LogP contribution in [0.2, 0.25) is 0 Å². The van der Waals surface area contributed by atoms with Crippen molar-refractivity contribution in [2.45, 2.75) is 31.9 Å². The first-order valence-corrected chi connectivity index (χ1v) is 4.82. The normalized spacial score (nSPS) is 19.8. The molecule has 1 aliphatic heterocycles. The summed E-state index contributed by atoms with van der Waals surface area (Å²) in [4.78, 5) is 37.6. The van der Waals surface area contributed by atoms with Crippen molar-refractivity contribution in [2.75, 3.05) is 7.11 Å². The van der Waals surface area contributed by atoms with Gasteiger partial charge in [-0.3, -0.25) is 9.59 Å². The summed E-state index contributed by atoms with van der Waals surface area (Å²) in [5, 5.41) is 9.91. The molecule has 0 aromatic carbocycles. The Morgan fingerprint density at radius 2 is 2.06 bits per heavy atom. The van der Waals surface area contributed by atoms with Crippen LogP contribution in [0.25, 0.3) is 0 Å². The lowest BCUT2D eigenvalue weighted by molar-refractivity contribution is -0.220. The quantitative estimate of drug-likeness (QED) is 0.645. The summed E-state index contributed by atoms with van der Waals surface area (Å²) in [6.07, 6.45) is -1.01. The number of hydrogen-bond acceptors (Lipinski definition) is 6. The Kier molecular flexibility index (Phi) is 4.24. The number of carbonyl (C=O) groups is 3. The highest BCUT2D eigenvalue weighted by Crippen LogP contribution is 2.17. The van der Waals surface area contributed by atoms with Crippen LogP contribution in [0.3, 0.4) is 0 Å². The number of carbonyl (C=O) groups excluding carboxylic acids is 3. The van der Waals surface area contributed by atoms with Gasteiger partial charge in [-0.05, 0) is 0 Å². The Hall–Kier alpha value is -1.63. The average molecular weight is 231 g/mol. The molecule has 0 radical (unpaired) electrons. The molecule has 1 atom stereocenters. The standard InChI is InChI=1S/C9H13NO6/c1-15-8(13)4-5-9(14)16-10-6(11)2-3-7(10)12/h6,11H,2-5H2,1H3. The van der Waals surface area contributed by atoms with Gasteiger partial charge in [0.25, 0.3) is 5.91 Å². The SMILES string of the molecule is COC(=O)CCC(=O)ON1C(=O)CCC1O. The van der Waals surface area contributed by atoms with Crippen LogP contribution in [-0.4, -0.2) is 41.4 Å². The van der Waals surface area contributed by atoms with Crippen molar-refractivity contribution in [3.05, 3.63) is 0 Å². The van der Waals surface area contributed by atoms with Crippen molar-refractivity contribution in [3.8, 4) is 0 Å². The highest BCUT2D eigenvalue weighted by molar-refractivity contribution is 5.81. The zero-order valence-electron chi connectivity index (χ0n) is 8.84. The minimum atomic E-state index is -1.09. The van der Waals surface area contributed by atoms with Crippen LogP contribution in [0, 0.1) is 0 Å². The molecule has 1 amide bonds. The minimum Gasteiger partial charge on any atom is -0.469 e. The lowest BCUT2D eigenvalue weighted by Crippen LogP contribution is -2.35. The average Bonchev–Trinajstić information content (AvgIpc) is 2.57. The molecule has 0 saturated carbocycles. The van der Waals surface area contributed by atoms with Gasteiger partial charge in [-0.2, -0.15) is 0 Å². The molecule has 0 bridgehead atoms. The van der Waals surface area contributed by atoms with Crippen LogP contribution >= 0.6 is 0 Å². The van der Waals surface area contributed by atoms with E-state index in [1.54, 1.807) is 0 Å². The predicted octanol–water partition coefficient (Wildman–Crippen LogP) is -0.661. The summed E-state index contributed by atoms with van der Waals surface area (Å²) < 4.78 is 4.34. The van der Waals surface area contributed by atoms with Crippen molar-refractivity contribution in [2.24, 2.45) is 0 Å². The van der Waals surface area contributed by atoms with Crippen molar-refractivity contribution < 1.29 is 29.1 Å². The lowest BCUT2D eigenvalue weighted by Gasteiger charge is -2.18. The molecule has 90 valence electrons. The van der Waals surface area contributed by atoms with E-state index in [9.17, 15) is 19.5 Å². The van der Waals surface area contributed by atoms with Crippen LogP contribution in [0.15, 0.2) is 0 Å². The smallest absolute Gasteiger partial charge is 0.333 e. The van der Waals surface area contributed by atoms with E-state index >= 15 is 0 Å². The fourth-order valence-electron chi connectivity index (χ4n) is 1.22. The Morgan fingerprint density at radius 1 is 1.44 bits per heavy atom. The number of methoxy groups -OCH3 is 1. The Balaban J connectivity index is 2.33. The summed E-state index contributed by atoms with van der Waals surface area (Å²) >= 11 is 0. The van der Waals surface area contributed by atoms with E-state index in [-0.39, 0.29) is 25.7 Å². The molecule has 7 nitrogen and oxygen atoms in total. The van der Waals surface area contributed by atoms with Gasteiger partial charge in [0, 0.05) is 12.8 Å². The van der Waals surface area contributed by atoms with E-state index in [4.69, 9.17) is 0 Å². The zero-order valence-corrected chi connectivity index (χ0v) is 8.84. The van der Waals surface area contributed by atoms with Gasteiger partial charge in [0.15, 0.2) is 6.23 Å². The largest absolute Gasteiger partial charge is 0.469 e. The van der Waals surface area contributed by atoms with Gasteiger partial charge in [0.2, 0.25) is 0 Å². The maximum Gasteiger partial charge on any atom is 0.333 e. The van der Waals surface area contributed by atoms with Gasteiger partial charge >= 0.3 is 11.9 Å². The maximum absolute atomic E-state index is 11.2. The summed E-state index contributed by atoms with van der Waals surface area (Å²) in [6, 6.07) is 0. The molecule has 0 aliphatic carbocycles. The second-order valence-corrected chi connectivity index (χ2v) is 3.28. The summed E-state index contributed by atoms with van der Waals surface area (Å²) in [5.41, 5.74) is 0. The van der Waals surface area contributed by atoms with Crippen molar-refractivity contribution in [1.29, 1.82) is 0 Å². The molecule has 1 saturated heterocycles. The molecule has 1 N–H and O–H groups in total. The second-order valence-electron chi connectivity index (χ2n) is 3.28. The first-order valence-electron chi connectivity index (χ1n) is 4.82. The van der Waals surface area contributed by atoms with E-state index in [1.165, 1.54) is 7.11 Å². The Bertz CT molecular complexity index is 302. The van der Waals surface area contributed by atoms with Crippen LogP contribution < -0.4 is 0 Å². The molecule has 1 unspecified atom stereocenters.